The van der Waals surface area contributed by atoms with Crippen molar-refractivity contribution in [2.75, 3.05) is 18.0 Å². The number of hydrogen-bond acceptors (Lipinski definition) is 6. The van der Waals surface area contributed by atoms with Gasteiger partial charge in [0.15, 0.2) is 11.5 Å². The highest BCUT2D eigenvalue weighted by Crippen LogP contribution is 2.31. The maximum atomic E-state index is 4.83. The van der Waals surface area contributed by atoms with E-state index in [1.807, 2.05) is 12.1 Å². The maximum Gasteiger partial charge on any atom is 0.200 e. The Hall–Kier alpha value is -2.51. The molecule has 1 atom stereocenters. The molecule has 0 bridgehead atoms. The van der Waals surface area contributed by atoms with Crippen molar-refractivity contribution in [2.24, 2.45) is 0 Å². The number of nitrogens with zero attached hydrogens (tertiary/aromatic N) is 8. The van der Waals surface area contributed by atoms with Crippen molar-refractivity contribution in [1.29, 1.82) is 0 Å². The third-order valence-corrected chi connectivity index (χ3v) is 5.25. The van der Waals surface area contributed by atoms with Gasteiger partial charge in [0.05, 0.1) is 11.7 Å². The monoisotopic (exact) mass is 324 g/mol. The van der Waals surface area contributed by atoms with E-state index in [0.29, 0.717) is 11.7 Å². The van der Waals surface area contributed by atoms with E-state index in [1.54, 1.807) is 0 Å². The van der Waals surface area contributed by atoms with E-state index in [9.17, 15) is 0 Å². The topological polar surface area (TPSA) is 77.0 Å². The number of anilines is 1. The Morgan fingerprint density at radius 1 is 1.17 bits per heavy atom. The molecule has 0 saturated carbocycles. The lowest BCUT2D eigenvalue weighted by Gasteiger charge is -2.21. The SMILES string of the molecule is Cc1nc2c(n1C1CCN(c3ccc4nnnn4n3)C1)CCCC2. The van der Waals surface area contributed by atoms with Crippen molar-refractivity contribution in [3.05, 3.63) is 29.3 Å². The third-order valence-electron chi connectivity index (χ3n) is 5.25. The first-order valence-electron chi connectivity index (χ1n) is 8.66. The third kappa shape index (κ3) is 2.09. The van der Waals surface area contributed by atoms with Gasteiger partial charge in [0.1, 0.15) is 5.82 Å². The lowest BCUT2D eigenvalue weighted by Crippen LogP contribution is -2.24. The Morgan fingerprint density at radius 2 is 2.08 bits per heavy atom. The van der Waals surface area contributed by atoms with E-state index in [4.69, 9.17) is 4.98 Å². The Kier molecular flexibility index (Phi) is 3.04. The molecule has 1 aliphatic carbocycles. The molecule has 0 aromatic carbocycles. The summed E-state index contributed by atoms with van der Waals surface area (Å²) in [6.07, 6.45) is 5.99. The van der Waals surface area contributed by atoms with Crippen LogP contribution in [0.4, 0.5) is 5.82 Å². The highest BCUT2D eigenvalue weighted by molar-refractivity contribution is 5.45. The first-order valence-corrected chi connectivity index (χ1v) is 8.66. The second-order valence-electron chi connectivity index (χ2n) is 6.74. The molecule has 124 valence electrons. The van der Waals surface area contributed by atoms with Gasteiger partial charge in [-0.05, 0) is 61.6 Å². The fourth-order valence-electron chi connectivity index (χ4n) is 4.15. The van der Waals surface area contributed by atoms with Crippen LogP contribution in [0.1, 0.15) is 42.5 Å². The van der Waals surface area contributed by atoms with Gasteiger partial charge in [-0.25, -0.2) is 4.98 Å². The van der Waals surface area contributed by atoms with Crippen LogP contribution in [0, 0.1) is 6.92 Å². The molecule has 3 aromatic heterocycles. The average molecular weight is 324 g/mol. The minimum absolute atomic E-state index is 0.478. The van der Waals surface area contributed by atoms with Crippen LogP contribution in [0.25, 0.3) is 5.65 Å². The van der Waals surface area contributed by atoms with E-state index in [2.05, 4.69) is 37.0 Å². The number of fused-ring (bicyclic) bond motifs is 2. The predicted octanol–water partition coefficient (Wildman–Crippen LogP) is 1.35. The van der Waals surface area contributed by atoms with Gasteiger partial charge >= 0.3 is 0 Å². The van der Waals surface area contributed by atoms with Crippen molar-refractivity contribution >= 4 is 11.5 Å². The number of aryl methyl sites for hydroxylation is 2. The standard InChI is InChI=1S/C16H20N8/c1-11-17-13-4-2-3-5-14(13)23(11)12-8-9-22(10-12)16-7-6-15-18-20-21-24(15)19-16/h6-7,12H,2-5,8-10H2,1H3. The van der Waals surface area contributed by atoms with Crippen LogP contribution >= 0.6 is 0 Å². The highest BCUT2D eigenvalue weighted by Gasteiger charge is 2.29. The molecule has 4 heterocycles. The summed E-state index contributed by atoms with van der Waals surface area (Å²) in [5.41, 5.74) is 3.47. The van der Waals surface area contributed by atoms with Crippen LogP contribution in [0.3, 0.4) is 0 Å². The van der Waals surface area contributed by atoms with Crippen molar-refractivity contribution in [3.63, 3.8) is 0 Å². The molecule has 0 N–H and O–H groups in total. The second kappa shape index (κ2) is 5.25. The summed E-state index contributed by atoms with van der Waals surface area (Å²) in [7, 11) is 0. The predicted molar refractivity (Wildman–Crippen MR) is 88.1 cm³/mol. The van der Waals surface area contributed by atoms with Crippen molar-refractivity contribution in [1.82, 2.24) is 34.8 Å². The molecule has 24 heavy (non-hydrogen) atoms. The molecule has 3 aromatic rings. The fourth-order valence-corrected chi connectivity index (χ4v) is 4.15. The van der Waals surface area contributed by atoms with Gasteiger partial charge in [0.25, 0.3) is 0 Å². The van der Waals surface area contributed by atoms with Crippen LogP contribution in [-0.4, -0.2) is 47.9 Å². The quantitative estimate of drug-likeness (QED) is 0.708. The van der Waals surface area contributed by atoms with Crippen LogP contribution in [0.15, 0.2) is 12.1 Å². The lowest BCUT2D eigenvalue weighted by atomic mass is 10.0. The molecule has 0 spiro atoms. The Balaban J connectivity index is 1.43. The van der Waals surface area contributed by atoms with Crippen molar-refractivity contribution in [3.8, 4) is 0 Å². The number of tetrazole rings is 1. The van der Waals surface area contributed by atoms with Crippen LogP contribution in [-0.2, 0) is 12.8 Å². The molecule has 8 heteroatoms. The maximum absolute atomic E-state index is 4.83. The molecule has 0 radical (unpaired) electrons. The first kappa shape index (κ1) is 13.9. The first-order chi connectivity index (χ1) is 11.8. The van der Waals surface area contributed by atoms with Gasteiger partial charge < -0.3 is 9.47 Å². The van der Waals surface area contributed by atoms with Gasteiger partial charge in [0.2, 0.25) is 0 Å². The minimum Gasteiger partial charge on any atom is -0.353 e. The molecule has 8 nitrogen and oxygen atoms in total. The summed E-state index contributed by atoms with van der Waals surface area (Å²) in [6, 6.07) is 4.40. The Morgan fingerprint density at radius 3 is 3.04 bits per heavy atom. The number of rotatable bonds is 2. The smallest absolute Gasteiger partial charge is 0.200 e. The zero-order valence-electron chi connectivity index (χ0n) is 13.8. The minimum atomic E-state index is 0.478. The second-order valence-corrected chi connectivity index (χ2v) is 6.74. The zero-order valence-corrected chi connectivity index (χ0v) is 13.8. The Labute approximate surface area is 139 Å². The van der Waals surface area contributed by atoms with Crippen LogP contribution in [0.5, 0.6) is 0 Å². The molecule has 1 fully saturated rings. The molecule has 0 amide bonds. The summed E-state index contributed by atoms with van der Waals surface area (Å²) in [5.74, 6) is 2.10. The van der Waals surface area contributed by atoms with Crippen LogP contribution < -0.4 is 4.90 Å². The fraction of sp³-hybridized carbons (Fsp3) is 0.562. The van der Waals surface area contributed by atoms with E-state index < -0.39 is 0 Å². The lowest BCUT2D eigenvalue weighted by molar-refractivity contribution is 0.504. The molecule has 5 rings (SSSR count). The highest BCUT2D eigenvalue weighted by atomic mass is 15.6. The van der Waals surface area contributed by atoms with Gasteiger partial charge in [-0.15, -0.1) is 14.8 Å². The van der Waals surface area contributed by atoms with Crippen LogP contribution in [0.2, 0.25) is 0 Å². The van der Waals surface area contributed by atoms with Gasteiger partial charge in [-0.1, -0.05) is 0 Å². The van der Waals surface area contributed by atoms with E-state index in [-0.39, 0.29) is 0 Å². The summed E-state index contributed by atoms with van der Waals surface area (Å²) in [5, 5.41) is 16.0. The molecule has 1 saturated heterocycles. The van der Waals surface area contributed by atoms with E-state index in [1.165, 1.54) is 35.3 Å². The molecule has 1 aliphatic heterocycles. The summed E-state index contributed by atoms with van der Waals surface area (Å²) in [4.78, 5) is 7.15. The van der Waals surface area contributed by atoms with Crippen molar-refractivity contribution < 1.29 is 0 Å². The Bertz CT molecular complexity index is 895. The van der Waals surface area contributed by atoms with E-state index >= 15 is 0 Å². The number of aromatic nitrogens is 7. The van der Waals surface area contributed by atoms with Gasteiger partial charge in [-0.3, -0.25) is 0 Å². The number of imidazole rings is 1. The molecule has 1 unspecified atom stereocenters. The molecular formula is C16H20N8. The van der Waals surface area contributed by atoms with Crippen molar-refractivity contribution in [2.45, 2.75) is 45.1 Å². The molecule has 2 aliphatic rings. The van der Waals surface area contributed by atoms with E-state index in [0.717, 1.165) is 37.6 Å². The largest absolute Gasteiger partial charge is 0.353 e. The number of hydrogen-bond donors (Lipinski definition) is 0. The molecular weight excluding hydrogens is 304 g/mol. The summed E-state index contributed by atoms with van der Waals surface area (Å²) >= 11 is 0. The summed E-state index contributed by atoms with van der Waals surface area (Å²) in [6.45, 7) is 4.11. The summed E-state index contributed by atoms with van der Waals surface area (Å²) < 4.78 is 3.98. The normalized spacial score (nSPS) is 20.7. The zero-order chi connectivity index (χ0) is 16.1. The van der Waals surface area contributed by atoms with Gasteiger partial charge in [-0.2, -0.15) is 0 Å². The average Bonchev–Trinajstić information content (AvgIpc) is 3.31. The van der Waals surface area contributed by atoms with Gasteiger partial charge in [0, 0.05) is 18.8 Å².